The van der Waals surface area contributed by atoms with Crippen LogP contribution in [0.1, 0.15) is 5.56 Å². The Kier molecular flexibility index (Phi) is 5.41. The predicted molar refractivity (Wildman–Crippen MR) is 138 cm³/mol. The van der Waals surface area contributed by atoms with Crippen molar-refractivity contribution >= 4 is 22.0 Å². The highest BCUT2D eigenvalue weighted by Crippen LogP contribution is 2.39. The van der Waals surface area contributed by atoms with Crippen molar-refractivity contribution in [3.8, 4) is 34.2 Å². The minimum absolute atomic E-state index is 0.306. The molecule has 0 amide bonds. The average Bonchev–Trinajstić information content (AvgIpc) is 3.29. The highest BCUT2D eigenvalue weighted by molar-refractivity contribution is 5.98. The Bertz CT molecular complexity index is 1840. The monoisotopic (exact) mass is 493 g/mol. The molecule has 0 aliphatic rings. The molecule has 0 unspecified atom stereocenters. The third-order valence-electron chi connectivity index (χ3n) is 6.17. The molecule has 0 spiro atoms. The molecule has 3 aromatic heterocycles. The van der Waals surface area contributed by atoms with Gasteiger partial charge in [0.15, 0.2) is 5.65 Å². The van der Waals surface area contributed by atoms with Crippen LogP contribution in [0.25, 0.3) is 38.8 Å². The first kappa shape index (κ1) is 22.5. The van der Waals surface area contributed by atoms with Crippen LogP contribution in [0.15, 0.2) is 94.5 Å². The van der Waals surface area contributed by atoms with Gasteiger partial charge in [-0.3, -0.25) is 0 Å². The quantitative estimate of drug-likeness (QED) is 0.257. The van der Waals surface area contributed by atoms with Gasteiger partial charge in [0, 0.05) is 35.0 Å². The Balaban J connectivity index is 1.55. The maximum atomic E-state index is 14.1. The number of ether oxygens (including phenoxy) is 2. The molecule has 0 aliphatic heterocycles. The topological polar surface area (TPSA) is 79.4 Å². The molecule has 0 bridgehead atoms. The number of fused-ring (bicyclic) bond motifs is 2. The Morgan fingerprint density at radius 2 is 1.76 bits per heavy atom. The normalized spacial score (nSPS) is 11.2. The number of halogens is 1. The van der Waals surface area contributed by atoms with Crippen molar-refractivity contribution in [3.05, 3.63) is 107 Å². The van der Waals surface area contributed by atoms with Gasteiger partial charge in [0.2, 0.25) is 5.88 Å². The van der Waals surface area contributed by atoms with E-state index in [1.165, 1.54) is 24.5 Å². The summed E-state index contributed by atoms with van der Waals surface area (Å²) in [6.07, 6.45) is 3.28. The van der Waals surface area contributed by atoms with Crippen LogP contribution in [0.5, 0.6) is 17.4 Å². The summed E-state index contributed by atoms with van der Waals surface area (Å²) in [5.74, 6) is 1.11. The summed E-state index contributed by atoms with van der Waals surface area (Å²) < 4.78 is 32.8. The van der Waals surface area contributed by atoms with E-state index in [-0.39, 0.29) is 5.82 Å². The molecule has 0 saturated carbocycles. The minimum atomic E-state index is -0.430. The van der Waals surface area contributed by atoms with E-state index in [9.17, 15) is 9.18 Å². The fourth-order valence-corrected chi connectivity index (χ4v) is 4.40. The SMILES string of the molecule is COc1ccc(-c2cn(-c3cccc(F)c3)c3ncnc(Oc4ccc5c(C)cc(=O)oc5c4)c23)cc1. The Hall–Kier alpha value is -4.98. The second-order valence-corrected chi connectivity index (χ2v) is 8.51. The van der Waals surface area contributed by atoms with E-state index in [4.69, 9.17) is 13.9 Å². The van der Waals surface area contributed by atoms with Crippen molar-refractivity contribution < 1.29 is 18.3 Å². The second kappa shape index (κ2) is 8.91. The number of nitrogens with zero attached hydrogens (tertiary/aromatic N) is 3. The largest absolute Gasteiger partial charge is 0.497 e. The van der Waals surface area contributed by atoms with Gasteiger partial charge in [-0.15, -0.1) is 0 Å². The Morgan fingerprint density at radius 1 is 0.946 bits per heavy atom. The zero-order valence-corrected chi connectivity index (χ0v) is 19.9. The fourth-order valence-electron chi connectivity index (χ4n) is 4.40. The van der Waals surface area contributed by atoms with E-state index < -0.39 is 5.63 Å². The second-order valence-electron chi connectivity index (χ2n) is 8.51. The van der Waals surface area contributed by atoms with Gasteiger partial charge in [-0.25, -0.2) is 19.2 Å². The van der Waals surface area contributed by atoms with E-state index in [1.807, 2.05) is 43.5 Å². The number of rotatable bonds is 5. The van der Waals surface area contributed by atoms with Crippen molar-refractivity contribution in [1.82, 2.24) is 14.5 Å². The van der Waals surface area contributed by atoms with Crippen LogP contribution in [0.3, 0.4) is 0 Å². The van der Waals surface area contributed by atoms with E-state index in [0.717, 1.165) is 27.8 Å². The van der Waals surface area contributed by atoms with Gasteiger partial charge in [0.05, 0.1) is 12.5 Å². The Morgan fingerprint density at radius 3 is 2.54 bits per heavy atom. The van der Waals surface area contributed by atoms with Crippen molar-refractivity contribution in [2.24, 2.45) is 0 Å². The lowest BCUT2D eigenvalue weighted by atomic mass is 10.1. The van der Waals surface area contributed by atoms with E-state index in [2.05, 4.69) is 9.97 Å². The van der Waals surface area contributed by atoms with Crippen LogP contribution in [-0.2, 0) is 0 Å². The van der Waals surface area contributed by atoms with Crippen LogP contribution in [0.4, 0.5) is 4.39 Å². The number of aromatic nitrogens is 3. The van der Waals surface area contributed by atoms with Crippen molar-refractivity contribution in [1.29, 1.82) is 0 Å². The molecular weight excluding hydrogens is 473 g/mol. The third-order valence-corrected chi connectivity index (χ3v) is 6.17. The van der Waals surface area contributed by atoms with E-state index in [1.54, 1.807) is 35.9 Å². The van der Waals surface area contributed by atoms with Crippen molar-refractivity contribution in [2.75, 3.05) is 7.11 Å². The van der Waals surface area contributed by atoms with Crippen LogP contribution in [-0.4, -0.2) is 21.6 Å². The first-order chi connectivity index (χ1) is 18.0. The zero-order valence-electron chi connectivity index (χ0n) is 19.9. The van der Waals surface area contributed by atoms with Gasteiger partial charge < -0.3 is 18.5 Å². The van der Waals surface area contributed by atoms with Gasteiger partial charge in [0.25, 0.3) is 0 Å². The standard InChI is InChI=1S/C29H20FN3O4/c1-17-12-26(34)37-25-14-22(10-11-23(17)25)36-29-27-24(18-6-8-21(35-2)9-7-18)15-33(28(27)31-16-32-29)20-5-3-4-19(30)13-20/h3-16H,1-2H3. The highest BCUT2D eigenvalue weighted by Gasteiger charge is 2.19. The van der Waals surface area contributed by atoms with Crippen LogP contribution in [0.2, 0.25) is 0 Å². The van der Waals surface area contributed by atoms with Crippen molar-refractivity contribution in [3.63, 3.8) is 0 Å². The fraction of sp³-hybridized carbons (Fsp3) is 0.0690. The summed E-state index contributed by atoms with van der Waals surface area (Å²) in [4.78, 5) is 20.8. The van der Waals surface area contributed by atoms with Gasteiger partial charge >= 0.3 is 5.63 Å². The number of benzene rings is 3. The molecule has 3 heterocycles. The van der Waals surface area contributed by atoms with Crippen LogP contribution >= 0.6 is 0 Å². The average molecular weight is 493 g/mol. The molecule has 0 fully saturated rings. The molecule has 0 N–H and O–H groups in total. The maximum Gasteiger partial charge on any atom is 0.336 e. The molecule has 8 heteroatoms. The molecule has 0 saturated heterocycles. The number of methoxy groups -OCH3 is 1. The van der Waals surface area contributed by atoms with Crippen LogP contribution < -0.4 is 15.1 Å². The maximum absolute atomic E-state index is 14.1. The summed E-state index contributed by atoms with van der Waals surface area (Å²) in [6, 6.07) is 20.6. The molecule has 3 aromatic carbocycles. The summed E-state index contributed by atoms with van der Waals surface area (Å²) in [5, 5.41) is 1.46. The molecular formula is C29H20FN3O4. The van der Waals surface area contributed by atoms with E-state index >= 15 is 0 Å². The smallest absolute Gasteiger partial charge is 0.336 e. The summed E-state index contributed by atoms with van der Waals surface area (Å²) in [5.41, 5.74) is 3.63. The molecule has 182 valence electrons. The molecule has 37 heavy (non-hydrogen) atoms. The lowest BCUT2D eigenvalue weighted by molar-refractivity contribution is 0.415. The van der Waals surface area contributed by atoms with Crippen LogP contribution in [0, 0.1) is 12.7 Å². The molecule has 6 aromatic rings. The first-order valence-electron chi connectivity index (χ1n) is 11.5. The van der Waals surface area contributed by atoms with E-state index in [0.29, 0.717) is 33.9 Å². The van der Waals surface area contributed by atoms with Gasteiger partial charge in [-0.05, 0) is 60.5 Å². The molecule has 0 atom stereocenters. The van der Waals surface area contributed by atoms with Crippen molar-refractivity contribution in [2.45, 2.75) is 6.92 Å². The first-order valence-corrected chi connectivity index (χ1v) is 11.5. The van der Waals surface area contributed by atoms with Gasteiger partial charge in [-0.1, -0.05) is 18.2 Å². The molecule has 0 radical (unpaired) electrons. The number of aryl methyl sites for hydroxylation is 1. The van der Waals surface area contributed by atoms with Gasteiger partial charge in [0.1, 0.15) is 29.2 Å². The predicted octanol–water partition coefficient (Wildman–Crippen LogP) is 6.44. The molecule has 7 nitrogen and oxygen atoms in total. The zero-order chi connectivity index (χ0) is 25.5. The summed E-state index contributed by atoms with van der Waals surface area (Å²) in [7, 11) is 1.61. The molecule has 6 rings (SSSR count). The molecule has 0 aliphatic carbocycles. The lowest BCUT2D eigenvalue weighted by Gasteiger charge is -2.09. The van der Waals surface area contributed by atoms with Gasteiger partial charge in [-0.2, -0.15) is 0 Å². The summed E-state index contributed by atoms with van der Waals surface area (Å²) in [6.45, 7) is 1.85. The number of hydrogen-bond donors (Lipinski definition) is 0. The lowest BCUT2D eigenvalue weighted by Crippen LogP contribution is -1.98. The Labute approximate surface area is 210 Å². The third kappa shape index (κ3) is 4.08. The number of hydrogen-bond acceptors (Lipinski definition) is 6. The summed E-state index contributed by atoms with van der Waals surface area (Å²) >= 11 is 0. The highest BCUT2D eigenvalue weighted by atomic mass is 19.1. The minimum Gasteiger partial charge on any atom is -0.497 e.